The van der Waals surface area contributed by atoms with Crippen LogP contribution in [0.3, 0.4) is 0 Å². The summed E-state index contributed by atoms with van der Waals surface area (Å²) in [6.07, 6.45) is 0. The highest BCUT2D eigenvalue weighted by Crippen LogP contribution is 2.24. The van der Waals surface area contributed by atoms with Gasteiger partial charge < -0.3 is 11.1 Å². The molecule has 0 radical (unpaired) electrons. The van der Waals surface area contributed by atoms with Gasteiger partial charge in [0.2, 0.25) is 0 Å². The first kappa shape index (κ1) is 14.5. The molecule has 0 saturated carbocycles. The van der Waals surface area contributed by atoms with Gasteiger partial charge in [-0.1, -0.05) is 19.9 Å². The average Bonchev–Trinajstić information content (AvgIpc) is 2.77. The summed E-state index contributed by atoms with van der Waals surface area (Å²) >= 11 is 1.64. The molecule has 2 heterocycles. The van der Waals surface area contributed by atoms with Gasteiger partial charge in [-0.15, -0.1) is 11.3 Å². The van der Waals surface area contributed by atoms with Crippen LogP contribution in [0.4, 0.5) is 5.82 Å². The summed E-state index contributed by atoms with van der Waals surface area (Å²) in [6.45, 7) is 6.64. The zero-order valence-corrected chi connectivity index (χ0v) is 12.6. The van der Waals surface area contributed by atoms with Gasteiger partial charge in [0, 0.05) is 10.8 Å². The van der Waals surface area contributed by atoms with Crippen LogP contribution in [0.2, 0.25) is 0 Å². The maximum atomic E-state index is 12.0. The molecule has 0 unspecified atom stereocenters. The second kappa shape index (κ2) is 6.00. The number of nitrogen functional groups attached to an aromatic ring is 1. The summed E-state index contributed by atoms with van der Waals surface area (Å²) < 4.78 is 0. The van der Waals surface area contributed by atoms with Gasteiger partial charge >= 0.3 is 0 Å². The van der Waals surface area contributed by atoms with Crippen LogP contribution in [0.15, 0.2) is 18.2 Å². The third kappa shape index (κ3) is 3.33. The first-order valence-electron chi connectivity index (χ1n) is 6.44. The van der Waals surface area contributed by atoms with E-state index in [2.05, 4.69) is 29.1 Å². The van der Waals surface area contributed by atoms with Gasteiger partial charge in [0.15, 0.2) is 0 Å². The largest absolute Gasteiger partial charge is 0.384 e. The fraction of sp³-hybridized carbons (Fsp3) is 0.357. The van der Waals surface area contributed by atoms with Gasteiger partial charge in [0.1, 0.15) is 11.5 Å². The number of rotatable bonds is 4. The summed E-state index contributed by atoms with van der Waals surface area (Å²) in [7, 11) is 0. The van der Waals surface area contributed by atoms with Crippen molar-refractivity contribution in [3.63, 3.8) is 0 Å². The number of amides is 1. The fourth-order valence-electron chi connectivity index (χ4n) is 1.69. The fourth-order valence-corrected chi connectivity index (χ4v) is 2.70. The van der Waals surface area contributed by atoms with Gasteiger partial charge in [-0.25, -0.2) is 9.97 Å². The number of nitrogens with two attached hydrogens (primary N) is 1. The van der Waals surface area contributed by atoms with Gasteiger partial charge in [0.25, 0.3) is 5.91 Å². The van der Waals surface area contributed by atoms with E-state index in [9.17, 15) is 4.79 Å². The highest BCUT2D eigenvalue weighted by molar-refractivity contribution is 7.11. The topological polar surface area (TPSA) is 80.9 Å². The molecule has 0 spiro atoms. The molecule has 2 aromatic rings. The predicted octanol–water partition coefficient (Wildman–Crippen LogP) is 2.48. The number of aromatic nitrogens is 2. The van der Waals surface area contributed by atoms with Crippen molar-refractivity contribution in [3.05, 3.63) is 39.5 Å². The first-order valence-corrected chi connectivity index (χ1v) is 7.26. The lowest BCUT2D eigenvalue weighted by Gasteiger charge is -2.04. The summed E-state index contributed by atoms with van der Waals surface area (Å²) in [5.41, 5.74) is 6.87. The Labute approximate surface area is 122 Å². The van der Waals surface area contributed by atoms with E-state index in [4.69, 9.17) is 5.73 Å². The maximum absolute atomic E-state index is 12.0. The molecule has 0 aliphatic carbocycles. The molecule has 6 heteroatoms. The molecular weight excluding hydrogens is 272 g/mol. The Morgan fingerprint density at radius 3 is 2.75 bits per heavy atom. The molecule has 0 aliphatic rings. The Bertz CT molecular complexity index is 621. The first-order chi connectivity index (χ1) is 9.47. The molecule has 1 amide bonds. The van der Waals surface area contributed by atoms with Crippen LogP contribution >= 0.6 is 11.3 Å². The van der Waals surface area contributed by atoms with Crippen LogP contribution < -0.4 is 11.1 Å². The van der Waals surface area contributed by atoms with E-state index in [0.29, 0.717) is 24.0 Å². The zero-order chi connectivity index (χ0) is 14.7. The minimum Gasteiger partial charge on any atom is -0.384 e. The predicted molar refractivity (Wildman–Crippen MR) is 80.8 cm³/mol. The van der Waals surface area contributed by atoms with Crippen molar-refractivity contribution >= 4 is 23.1 Å². The zero-order valence-electron chi connectivity index (χ0n) is 11.8. The van der Waals surface area contributed by atoms with Crippen molar-refractivity contribution in [2.45, 2.75) is 33.2 Å². The molecule has 3 N–H and O–H groups in total. The molecule has 0 atom stereocenters. The number of anilines is 1. The van der Waals surface area contributed by atoms with Gasteiger partial charge in [0.05, 0.1) is 17.2 Å². The Morgan fingerprint density at radius 2 is 2.15 bits per heavy atom. The van der Waals surface area contributed by atoms with Crippen molar-refractivity contribution < 1.29 is 4.79 Å². The van der Waals surface area contributed by atoms with Crippen molar-refractivity contribution in [1.29, 1.82) is 0 Å². The van der Waals surface area contributed by atoms with Gasteiger partial charge in [-0.3, -0.25) is 4.79 Å². The van der Waals surface area contributed by atoms with Crippen LogP contribution in [0.5, 0.6) is 0 Å². The quantitative estimate of drug-likeness (QED) is 0.906. The van der Waals surface area contributed by atoms with Crippen LogP contribution in [0.1, 0.15) is 45.8 Å². The number of aryl methyl sites for hydroxylation is 1. The van der Waals surface area contributed by atoms with Crippen molar-refractivity contribution in [2.75, 3.05) is 5.73 Å². The van der Waals surface area contributed by atoms with E-state index >= 15 is 0 Å². The lowest BCUT2D eigenvalue weighted by atomic mass is 10.2. The molecule has 5 nitrogen and oxygen atoms in total. The smallest absolute Gasteiger partial charge is 0.270 e. The van der Waals surface area contributed by atoms with Gasteiger partial charge in [-0.05, 0) is 19.1 Å². The molecule has 2 aromatic heterocycles. The Balaban J connectivity index is 2.03. The third-order valence-electron chi connectivity index (χ3n) is 2.82. The van der Waals surface area contributed by atoms with Crippen LogP contribution in [0, 0.1) is 6.92 Å². The Kier molecular flexibility index (Phi) is 4.34. The highest BCUT2D eigenvalue weighted by atomic mass is 32.1. The number of nitrogens with one attached hydrogen (secondary N) is 1. The van der Waals surface area contributed by atoms with Crippen LogP contribution in [-0.4, -0.2) is 15.9 Å². The third-order valence-corrected chi connectivity index (χ3v) is 4.27. The van der Waals surface area contributed by atoms with Crippen molar-refractivity contribution in [2.24, 2.45) is 0 Å². The number of carbonyl (C=O) groups is 1. The summed E-state index contributed by atoms with van der Waals surface area (Å²) in [6, 6.07) is 5.01. The van der Waals surface area contributed by atoms with E-state index in [1.165, 1.54) is 0 Å². The summed E-state index contributed by atoms with van der Waals surface area (Å²) in [4.78, 5) is 21.6. The summed E-state index contributed by atoms with van der Waals surface area (Å²) in [5, 5.41) is 3.94. The van der Waals surface area contributed by atoms with E-state index in [-0.39, 0.29) is 5.91 Å². The molecule has 2 rings (SSSR count). The number of nitrogens with zero attached hydrogens (tertiary/aromatic N) is 2. The second-order valence-corrected chi connectivity index (χ2v) is 5.96. The van der Waals surface area contributed by atoms with Crippen LogP contribution in [-0.2, 0) is 6.54 Å². The minimum absolute atomic E-state index is 0.226. The molecule has 106 valence electrons. The molecule has 0 fully saturated rings. The second-order valence-electron chi connectivity index (χ2n) is 4.85. The molecule has 0 saturated heterocycles. The number of hydrogen-bond donors (Lipinski definition) is 2. The Hall–Kier alpha value is -1.95. The van der Waals surface area contributed by atoms with E-state index in [1.807, 2.05) is 6.92 Å². The van der Waals surface area contributed by atoms with Crippen LogP contribution in [0.25, 0.3) is 0 Å². The number of carbonyl (C=O) groups excluding carboxylic acids is 1. The van der Waals surface area contributed by atoms with Gasteiger partial charge in [-0.2, -0.15) is 0 Å². The minimum atomic E-state index is -0.226. The SMILES string of the molecule is Cc1nc(C(C)C)sc1CNC(=O)c1cccc(N)n1. The highest BCUT2D eigenvalue weighted by Gasteiger charge is 2.12. The molecule has 0 aliphatic heterocycles. The molecule has 0 bridgehead atoms. The number of pyridine rings is 1. The lowest BCUT2D eigenvalue weighted by Crippen LogP contribution is -2.23. The number of thiazole rings is 1. The number of hydrogen-bond acceptors (Lipinski definition) is 5. The summed E-state index contributed by atoms with van der Waals surface area (Å²) in [5.74, 6) is 0.517. The maximum Gasteiger partial charge on any atom is 0.270 e. The van der Waals surface area contributed by atoms with Crippen molar-refractivity contribution in [3.8, 4) is 0 Å². The monoisotopic (exact) mass is 290 g/mol. The molecular formula is C14H18N4OS. The average molecular weight is 290 g/mol. The Morgan fingerprint density at radius 1 is 1.40 bits per heavy atom. The standard InChI is InChI=1S/C14H18N4OS/c1-8(2)14-17-9(3)11(20-14)7-16-13(19)10-5-4-6-12(15)18-10/h4-6,8H,7H2,1-3H3,(H2,15,18)(H,16,19). The lowest BCUT2D eigenvalue weighted by molar-refractivity contribution is 0.0946. The van der Waals surface area contributed by atoms with E-state index in [0.717, 1.165) is 15.6 Å². The molecule has 20 heavy (non-hydrogen) atoms. The molecule has 0 aromatic carbocycles. The normalized spacial score (nSPS) is 10.8. The van der Waals surface area contributed by atoms with E-state index < -0.39 is 0 Å². The van der Waals surface area contributed by atoms with E-state index in [1.54, 1.807) is 29.5 Å². The van der Waals surface area contributed by atoms with Crippen molar-refractivity contribution in [1.82, 2.24) is 15.3 Å².